The molecule has 0 aliphatic carbocycles. The van der Waals surface area contributed by atoms with E-state index in [9.17, 15) is 0 Å². The minimum absolute atomic E-state index is 0.827. The predicted octanol–water partition coefficient (Wildman–Crippen LogP) is 2.32. The third kappa shape index (κ3) is 2.35. The van der Waals surface area contributed by atoms with Gasteiger partial charge in [0.15, 0.2) is 0 Å². The average Bonchev–Trinajstić information content (AvgIpc) is 2.86. The van der Waals surface area contributed by atoms with Gasteiger partial charge in [0, 0.05) is 25.7 Å². The molecule has 1 aliphatic heterocycles. The van der Waals surface area contributed by atoms with E-state index in [4.69, 9.17) is 0 Å². The molecule has 1 aliphatic rings. The Morgan fingerprint density at radius 2 is 2.24 bits per heavy atom. The second-order valence-electron chi connectivity index (χ2n) is 4.64. The van der Waals surface area contributed by atoms with Gasteiger partial charge >= 0.3 is 0 Å². The van der Waals surface area contributed by atoms with E-state index in [1.165, 1.54) is 18.4 Å². The van der Waals surface area contributed by atoms with Crippen molar-refractivity contribution in [1.29, 1.82) is 0 Å². The van der Waals surface area contributed by atoms with E-state index in [0.29, 0.717) is 0 Å². The van der Waals surface area contributed by atoms with Crippen LogP contribution in [0.3, 0.4) is 0 Å². The Kier molecular flexibility index (Phi) is 3.82. The second-order valence-corrected chi connectivity index (χ2v) is 4.64. The van der Waals surface area contributed by atoms with Crippen LogP contribution in [0.25, 0.3) is 0 Å². The van der Waals surface area contributed by atoms with Crippen molar-refractivity contribution in [3.05, 3.63) is 11.9 Å². The molecule has 2 rings (SSSR count). The first-order valence-electron chi connectivity index (χ1n) is 6.56. The van der Waals surface area contributed by atoms with Gasteiger partial charge in [0.05, 0.1) is 0 Å². The number of hydrogen-bond acceptors (Lipinski definition) is 4. The SMILES string of the molecule is CCc1c(NC)ncnc1N1CCC(CC)C1. The monoisotopic (exact) mass is 234 g/mol. The third-order valence-electron chi connectivity index (χ3n) is 3.68. The Hall–Kier alpha value is -1.32. The van der Waals surface area contributed by atoms with E-state index in [1.807, 2.05) is 7.05 Å². The zero-order valence-corrected chi connectivity index (χ0v) is 11.0. The van der Waals surface area contributed by atoms with Gasteiger partial charge in [0.1, 0.15) is 18.0 Å². The summed E-state index contributed by atoms with van der Waals surface area (Å²) in [5, 5.41) is 3.16. The van der Waals surface area contributed by atoms with Crippen molar-refractivity contribution in [1.82, 2.24) is 9.97 Å². The summed E-state index contributed by atoms with van der Waals surface area (Å²) in [6.07, 6.45) is 5.19. The van der Waals surface area contributed by atoms with Gasteiger partial charge in [-0.3, -0.25) is 0 Å². The van der Waals surface area contributed by atoms with Crippen LogP contribution in [0.4, 0.5) is 11.6 Å². The molecule has 1 aromatic rings. The van der Waals surface area contributed by atoms with Crippen molar-refractivity contribution in [3.63, 3.8) is 0 Å². The topological polar surface area (TPSA) is 41.1 Å². The highest BCUT2D eigenvalue weighted by Crippen LogP contribution is 2.29. The van der Waals surface area contributed by atoms with Crippen molar-refractivity contribution in [3.8, 4) is 0 Å². The highest BCUT2D eigenvalue weighted by atomic mass is 15.2. The van der Waals surface area contributed by atoms with E-state index in [0.717, 1.165) is 37.1 Å². The molecule has 1 fully saturated rings. The van der Waals surface area contributed by atoms with Crippen molar-refractivity contribution < 1.29 is 0 Å². The van der Waals surface area contributed by atoms with Gasteiger partial charge in [0.25, 0.3) is 0 Å². The molecule has 17 heavy (non-hydrogen) atoms. The summed E-state index contributed by atoms with van der Waals surface area (Å²) in [6.45, 7) is 6.71. The fourth-order valence-corrected chi connectivity index (χ4v) is 2.57. The summed E-state index contributed by atoms with van der Waals surface area (Å²) in [6, 6.07) is 0. The smallest absolute Gasteiger partial charge is 0.137 e. The molecule has 94 valence electrons. The normalized spacial score (nSPS) is 19.7. The molecular weight excluding hydrogens is 212 g/mol. The van der Waals surface area contributed by atoms with E-state index in [-0.39, 0.29) is 0 Å². The summed E-state index contributed by atoms with van der Waals surface area (Å²) in [5.41, 5.74) is 1.24. The maximum Gasteiger partial charge on any atom is 0.137 e. The molecule has 1 N–H and O–H groups in total. The molecule has 4 heteroatoms. The zero-order valence-electron chi connectivity index (χ0n) is 11.0. The fourth-order valence-electron chi connectivity index (χ4n) is 2.57. The van der Waals surface area contributed by atoms with Crippen LogP contribution >= 0.6 is 0 Å². The van der Waals surface area contributed by atoms with Gasteiger partial charge in [-0.2, -0.15) is 0 Å². The first-order valence-corrected chi connectivity index (χ1v) is 6.56. The molecule has 1 aromatic heterocycles. The Morgan fingerprint density at radius 1 is 1.41 bits per heavy atom. The Balaban J connectivity index is 2.26. The molecule has 1 saturated heterocycles. The average molecular weight is 234 g/mol. The summed E-state index contributed by atoms with van der Waals surface area (Å²) in [7, 11) is 1.92. The van der Waals surface area contributed by atoms with Crippen LogP contribution in [0.5, 0.6) is 0 Å². The van der Waals surface area contributed by atoms with E-state index in [2.05, 4.69) is 34.0 Å². The maximum absolute atomic E-state index is 4.48. The summed E-state index contributed by atoms with van der Waals surface area (Å²) in [5.74, 6) is 2.92. The van der Waals surface area contributed by atoms with Gasteiger partial charge < -0.3 is 10.2 Å². The lowest BCUT2D eigenvalue weighted by Gasteiger charge is -2.21. The molecule has 0 saturated carbocycles. The first kappa shape index (κ1) is 12.1. The molecule has 1 atom stereocenters. The van der Waals surface area contributed by atoms with E-state index in [1.54, 1.807) is 6.33 Å². The molecule has 4 nitrogen and oxygen atoms in total. The number of aromatic nitrogens is 2. The quantitative estimate of drug-likeness (QED) is 0.868. The molecule has 1 unspecified atom stereocenters. The van der Waals surface area contributed by atoms with Crippen LogP contribution in [-0.2, 0) is 6.42 Å². The number of nitrogens with zero attached hydrogens (tertiary/aromatic N) is 3. The van der Waals surface area contributed by atoms with Gasteiger partial charge in [-0.25, -0.2) is 9.97 Å². The Morgan fingerprint density at radius 3 is 2.82 bits per heavy atom. The lowest BCUT2D eigenvalue weighted by Crippen LogP contribution is -2.23. The van der Waals surface area contributed by atoms with Crippen LogP contribution in [0, 0.1) is 5.92 Å². The van der Waals surface area contributed by atoms with Crippen LogP contribution in [0.2, 0.25) is 0 Å². The highest BCUT2D eigenvalue weighted by Gasteiger charge is 2.24. The molecule has 0 amide bonds. The first-order chi connectivity index (χ1) is 8.30. The number of nitrogens with one attached hydrogen (secondary N) is 1. The minimum Gasteiger partial charge on any atom is -0.373 e. The van der Waals surface area contributed by atoms with Crippen molar-refractivity contribution >= 4 is 11.6 Å². The summed E-state index contributed by atoms with van der Waals surface area (Å²) < 4.78 is 0. The van der Waals surface area contributed by atoms with E-state index < -0.39 is 0 Å². The lowest BCUT2D eigenvalue weighted by atomic mass is 10.1. The lowest BCUT2D eigenvalue weighted by molar-refractivity contribution is 0.568. The van der Waals surface area contributed by atoms with Crippen molar-refractivity contribution in [2.75, 3.05) is 30.4 Å². The number of anilines is 2. The molecule has 0 aromatic carbocycles. The minimum atomic E-state index is 0.827. The van der Waals surface area contributed by atoms with E-state index >= 15 is 0 Å². The molecule has 0 radical (unpaired) electrons. The number of hydrogen-bond donors (Lipinski definition) is 1. The Bertz CT molecular complexity index is 378. The standard InChI is InChI=1S/C13H22N4/c1-4-10-6-7-17(8-10)13-11(5-2)12(14-3)15-9-16-13/h9-10H,4-8H2,1-3H3,(H,14,15,16). The van der Waals surface area contributed by atoms with Crippen molar-refractivity contribution in [2.24, 2.45) is 5.92 Å². The van der Waals surface area contributed by atoms with Crippen LogP contribution in [-0.4, -0.2) is 30.1 Å². The second kappa shape index (κ2) is 5.34. The van der Waals surface area contributed by atoms with Gasteiger partial charge in [-0.1, -0.05) is 20.3 Å². The van der Waals surface area contributed by atoms with Gasteiger partial charge in [-0.05, 0) is 18.8 Å². The molecule has 0 spiro atoms. The third-order valence-corrected chi connectivity index (χ3v) is 3.68. The Labute approximate surface area is 103 Å². The number of rotatable bonds is 4. The molecule has 2 heterocycles. The van der Waals surface area contributed by atoms with Gasteiger partial charge in [0.2, 0.25) is 0 Å². The molecule has 0 bridgehead atoms. The summed E-state index contributed by atoms with van der Waals surface area (Å²) >= 11 is 0. The summed E-state index contributed by atoms with van der Waals surface area (Å²) in [4.78, 5) is 11.2. The zero-order chi connectivity index (χ0) is 12.3. The van der Waals surface area contributed by atoms with Crippen LogP contribution in [0.1, 0.15) is 32.3 Å². The molecular formula is C13H22N4. The van der Waals surface area contributed by atoms with Crippen LogP contribution in [0.15, 0.2) is 6.33 Å². The fraction of sp³-hybridized carbons (Fsp3) is 0.692. The largest absolute Gasteiger partial charge is 0.373 e. The maximum atomic E-state index is 4.48. The van der Waals surface area contributed by atoms with Gasteiger partial charge in [-0.15, -0.1) is 0 Å². The predicted molar refractivity (Wildman–Crippen MR) is 71.6 cm³/mol. The van der Waals surface area contributed by atoms with Crippen LogP contribution < -0.4 is 10.2 Å². The van der Waals surface area contributed by atoms with Crippen molar-refractivity contribution in [2.45, 2.75) is 33.1 Å². The highest BCUT2D eigenvalue weighted by molar-refractivity contribution is 5.58.